The van der Waals surface area contributed by atoms with E-state index >= 15 is 0 Å². The van der Waals surface area contributed by atoms with E-state index in [0.29, 0.717) is 5.92 Å². The van der Waals surface area contributed by atoms with Crippen LogP contribution in [0.15, 0.2) is 24.3 Å². The SMILES string of the molecule is CCN(CC1CC1)CC(O)c1ccc(CC(C)C)cc1. The van der Waals surface area contributed by atoms with Gasteiger partial charge in [-0.1, -0.05) is 45.0 Å². The van der Waals surface area contributed by atoms with Gasteiger partial charge in [-0.3, -0.25) is 0 Å². The summed E-state index contributed by atoms with van der Waals surface area (Å²) in [7, 11) is 0. The second-order valence-electron chi connectivity index (χ2n) is 6.65. The van der Waals surface area contributed by atoms with Crippen molar-refractivity contribution in [3.63, 3.8) is 0 Å². The average Bonchev–Trinajstić information content (AvgIpc) is 3.22. The number of nitrogens with zero attached hydrogens (tertiary/aromatic N) is 1. The van der Waals surface area contributed by atoms with Gasteiger partial charge >= 0.3 is 0 Å². The van der Waals surface area contributed by atoms with Crippen LogP contribution in [0.4, 0.5) is 0 Å². The smallest absolute Gasteiger partial charge is 0.0916 e. The summed E-state index contributed by atoms with van der Waals surface area (Å²) in [5.74, 6) is 1.57. The van der Waals surface area contributed by atoms with E-state index in [-0.39, 0.29) is 6.10 Å². The first-order valence-corrected chi connectivity index (χ1v) is 8.07. The van der Waals surface area contributed by atoms with Crippen LogP contribution >= 0.6 is 0 Å². The molecular weight excluding hydrogens is 246 g/mol. The van der Waals surface area contributed by atoms with E-state index < -0.39 is 0 Å². The Balaban J connectivity index is 1.88. The Bertz CT molecular complexity index is 394. The molecule has 1 aliphatic rings. The summed E-state index contributed by atoms with van der Waals surface area (Å²) in [5, 5.41) is 10.4. The van der Waals surface area contributed by atoms with Gasteiger partial charge < -0.3 is 10.0 Å². The predicted molar refractivity (Wildman–Crippen MR) is 84.8 cm³/mol. The number of aliphatic hydroxyl groups excluding tert-OH is 1. The highest BCUT2D eigenvalue weighted by atomic mass is 16.3. The first kappa shape index (κ1) is 15.5. The molecule has 1 aromatic carbocycles. The molecule has 0 heterocycles. The lowest BCUT2D eigenvalue weighted by molar-refractivity contribution is 0.113. The van der Waals surface area contributed by atoms with Crippen molar-refractivity contribution in [1.82, 2.24) is 4.90 Å². The van der Waals surface area contributed by atoms with Gasteiger partial charge in [0.25, 0.3) is 0 Å². The van der Waals surface area contributed by atoms with Gasteiger partial charge in [0.1, 0.15) is 0 Å². The normalized spacial score (nSPS) is 16.9. The molecule has 2 nitrogen and oxygen atoms in total. The zero-order valence-electron chi connectivity index (χ0n) is 13.2. The lowest BCUT2D eigenvalue weighted by Gasteiger charge is -2.23. The lowest BCUT2D eigenvalue weighted by Crippen LogP contribution is -2.30. The second kappa shape index (κ2) is 7.24. The Kier molecular flexibility index (Phi) is 5.62. The Morgan fingerprint density at radius 3 is 2.35 bits per heavy atom. The van der Waals surface area contributed by atoms with Crippen molar-refractivity contribution in [2.45, 2.75) is 46.1 Å². The van der Waals surface area contributed by atoms with E-state index in [1.807, 2.05) is 0 Å². The molecule has 1 atom stereocenters. The highest BCUT2D eigenvalue weighted by Gasteiger charge is 2.24. The third kappa shape index (κ3) is 4.92. The summed E-state index contributed by atoms with van der Waals surface area (Å²) in [5.41, 5.74) is 2.41. The van der Waals surface area contributed by atoms with Crippen LogP contribution in [0.2, 0.25) is 0 Å². The standard InChI is InChI=1S/C18H29NO/c1-4-19(12-16-5-6-16)13-18(20)17-9-7-15(8-10-17)11-14(2)3/h7-10,14,16,18,20H,4-6,11-13H2,1-3H3. The van der Waals surface area contributed by atoms with Crippen LogP contribution in [-0.4, -0.2) is 29.6 Å². The second-order valence-corrected chi connectivity index (χ2v) is 6.65. The summed E-state index contributed by atoms with van der Waals surface area (Å²) < 4.78 is 0. The van der Waals surface area contributed by atoms with E-state index in [1.54, 1.807) is 0 Å². The van der Waals surface area contributed by atoms with Crippen LogP contribution in [0.1, 0.15) is 50.8 Å². The topological polar surface area (TPSA) is 23.5 Å². The summed E-state index contributed by atoms with van der Waals surface area (Å²) in [4.78, 5) is 2.38. The predicted octanol–water partition coefficient (Wildman–Crippen LogP) is 3.65. The van der Waals surface area contributed by atoms with Crippen LogP contribution < -0.4 is 0 Å². The number of hydrogen-bond acceptors (Lipinski definition) is 2. The van der Waals surface area contributed by atoms with E-state index in [1.165, 1.54) is 18.4 Å². The minimum absolute atomic E-state index is 0.359. The molecule has 0 radical (unpaired) electrons. The number of aliphatic hydroxyl groups is 1. The molecule has 20 heavy (non-hydrogen) atoms. The van der Waals surface area contributed by atoms with Crippen molar-refractivity contribution in [3.05, 3.63) is 35.4 Å². The molecule has 2 rings (SSSR count). The Hall–Kier alpha value is -0.860. The Morgan fingerprint density at radius 2 is 1.85 bits per heavy atom. The molecule has 2 heteroatoms. The molecule has 0 aromatic heterocycles. The molecule has 0 amide bonds. The zero-order valence-corrected chi connectivity index (χ0v) is 13.2. The van der Waals surface area contributed by atoms with Gasteiger partial charge in [-0.15, -0.1) is 0 Å². The maximum Gasteiger partial charge on any atom is 0.0916 e. The quantitative estimate of drug-likeness (QED) is 0.783. The first-order valence-electron chi connectivity index (χ1n) is 8.07. The number of hydrogen-bond donors (Lipinski definition) is 1. The van der Waals surface area contributed by atoms with Crippen LogP contribution in [0, 0.1) is 11.8 Å². The third-order valence-corrected chi connectivity index (χ3v) is 4.10. The van der Waals surface area contributed by atoms with Gasteiger partial charge in [-0.2, -0.15) is 0 Å². The van der Waals surface area contributed by atoms with E-state index in [0.717, 1.165) is 37.5 Å². The highest BCUT2D eigenvalue weighted by Crippen LogP contribution is 2.30. The first-order chi connectivity index (χ1) is 9.58. The number of rotatable bonds is 8. The van der Waals surface area contributed by atoms with Crippen molar-refractivity contribution >= 4 is 0 Å². The summed E-state index contributed by atoms with van der Waals surface area (Å²) >= 11 is 0. The molecule has 0 aliphatic heterocycles. The van der Waals surface area contributed by atoms with Gasteiger partial charge in [0.05, 0.1) is 6.10 Å². The lowest BCUT2D eigenvalue weighted by atomic mass is 10.00. The maximum atomic E-state index is 10.4. The van der Waals surface area contributed by atoms with Crippen LogP contribution in [0.25, 0.3) is 0 Å². The van der Waals surface area contributed by atoms with Gasteiger partial charge in [0.15, 0.2) is 0 Å². The van der Waals surface area contributed by atoms with Crippen LogP contribution in [-0.2, 0) is 6.42 Å². The average molecular weight is 275 g/mol. The fraction of sp³-hybridized carbons (Fsp3) is 0.667. The molecule has 1 aromatic rings. The van der Waals surface area contributed by atoms with Crippen LogP contribution in [0.5, 0.6) is 0 Å². The summed E-state index contributed by atoms with van der Waals surface area (Å²) in [6.45, 7) is 9.59. The molecular formula is C18H29NO. The zero-order chi connectivity index (χ0) is 14.5. The van der Waals surface area contributed by atoms with Gasteiger partial charge in [0, 0.05) is 13.1 Å². The van der Waals surface area contributed by atoms with Crippen molar-refractivity contribution < 1.29 is 5.11 Å². The number of benzene rings is 1. The van der Waals surface area contributed by atoms with Crippen LogP contribution in [0.3, 0.4) is 0 Å². The molecule has 1 fully saturated rings. The maximum absolute atomic E-state index is 10.4. The van der Waals surface area contributed by atoms with Gasteiger partial charge in [-0.05, 0) is 48.8 Å². The number of likely N-dealkylation sites (N-methyl/N-ethyl adjacent to an activating group) is 1. The molecule has 1 aliphatic carbocycles. The molecule has 112 valence electrons. The third-order valence-electron chi connectivity index (χ3n) is 4.10. The fourth-order valence-corrected chi connectivity index (χ4v) is 2.70. The summed E-state index contributed by atoms with van der Waals surface area (Å²) in [6, 6.07) is 8.51. The summed E-state index contributed by atoms with van der Waals surface area (Å²) in [6.07, 6.45) is 3.49. The van der Waals surface area contributed by atoms with Gasteiger partial charge in [0.2, 0.25) is 0 Å². The minimum Gasteiger partial charge on any atom is -0.387 e. The van der Waals surface area contributed by atoms with E-state index in [2.05, 4.69) is 49.9 Å². The molecule has 1 saturated carbocycles. The minimum atomic E-state index is -0.359. The monoisotopic (exact) mass is 275 g/mol. The molecule has 1 unspecified atom stereocenters. The highest BCUT2D eigenvalue weighted by molar-refractivity contribution is 5.24. The Morgan fingerprint density at radius 1 is 1.20 bits per heavy atom. The fourth-order valence-electron chi connectivity index (χ4n) is 2.70. The van der Waals surface area contributed by atoms with Crippen molar-refractivity contribution in [3.8, 4) is 0 Å². The molecule has 0 bridgehead atoms. The van der Waals surface area contributed by atoms with Crippen molar-refractivity contribution in [1.29, 1.82) is 0 Å². The molecule has 1 N–H and O–H groups in total. The molecule has 0 saturated heterocycles. The van der Waals surface area contributed by atoms with Crippen molar-refractivity contribution in [2.75, 3.05) is 19.6 Å². The molecule has 0 spiro atoms. The van der Waals surface area contributed by atoms with E-state index in [9.17, 15) is 5.11 Å². The van der Waals surface area contributed by atoms with Gasteiger partial charge in [-0.25, -0.2) is 0 Å². The van der Waals surface area contributed by atoms with Crippen molar-refractivity contribution in [2.24, 2.45) is 11.8 Å². The largest absolute Gasteiger partial charge is 0.387 e. The van der Waals surface area contributed by atoms with E-state index in [4.69, 9.17) is 0 Å². The Labute approximate surface area is 123 Å².